The Morgan fingerprint density at radius 3 is 3.09 bits per heavy atom. The van der Waals surface area contributed by atoms with E-state index in [1.165, 1.54) is 11.6 Å². The fraction of sp³-hybridized carbons (Fsp3) is 0.471. The van der Waals surface area contributed by atoms with Crippen LogP contribution in [0, 0.1) is 5.82 Å². The Hall–Kier alpha value is -1.59. The van der Waals surface area contributed by atoms with Crippen LogP contribution in [0.4, 0.5) is 10.1 Å². The molecule has 0 radical (unpaired) electrons. The zero-order valence-corrected chi connectivity index (χ0v) is 13.5. The van der Waals surface area contributed by atoms with Crippen LogP contribution in [0.1, 0.15) is 24.2 Å². The summed E-state index contributed by atoms with van der Waals surface area (Å²) in [4.78, 5) is 2.26. The minimum atomic E-state index is -0.366. The van der Waals surface area contributed by atoms with Crippen LogP contribution >= 0.6 is 11.6 Å². The number of nitrogens with zero attached hydrogens (tertiary/aromatic N) is 2. The molecule has 2 aliphatic rings. The zero-order valence-electron chi connectivity index (χ0n) is 12.8. The van der Waals surface area contributed by atoms with Gasteiger partial charge < -0.3 is 14.7 Å². The highest BCUT2D eigenvalue weighted by molar-refractivity contribution is 6.31. The fourth-order valence-corrected chi connectivity index (χ4v) is 3.78. The van der Waals surface area contributed by atoms with Crippen molar-refractivity contribution in [3.8, 4) is 0 Å². The lowest BCUT2D eigenvalue weighted by atomic mass is 9.94. The van der Waals surface area contributed by atoms with Crippen LogP contribution in [0.2, 0.25) is 5.02 Å². The van der Waals surface area contributed by atoms with Crippen LogP contribution in [0.3, 0.4) is 0 Å². The second-order valence-corrected chi connectivity index (χ2v) is 6.82. The maximum Gasteiger partial charge on any atom is 0.141 e. The number of aryl methyl sites for hydroxylation is 1. The highest BCUT2D eigenvalue weighted by Gasteiger charge is 2.28. The minimum absolute atomic E-state index is 0.184. The van der Waals surface area contributed by atoms with E-state index < -0.39 is 0 Å². The molecule has 2 atom stereocenters. The molecule has 2 aromatic rings. The predicted molar refractivity (Wildman–Crippen MR) is 87.5 cm³/mol. The van der Waals surface area contributed by atoms with Gasteiger partial charge in [-0.25, -0.2) is 4.39 Å². The summed E-state index contributed by atoms with van der Waals surface area (Å²) < 4.78 is 18.6. The molecule has 1 fully saturated rings. The first kappa shape index (κ1) is 15.0. The summed E-state index contributed by atoms with van der Waals surface area (Å²) in [6.07, 6.45) is 5.97. The third kappa shape index (κ3) is 3.08. The molecular formula is C17H19ClFN3O. The molecule has 2 heterocycles. The van der Waals surface area contributed by atoms with Crippen molar-refractivity contribution in [3.63, 3.8) is 0 Å². The predicted octanol–water partition coefficient (Wildman–Crippen LogP) is 3.19. The summed E-state index contributed by atoms with van der Waals surface area (Å²) in [6.45, 7) is 1.88. The van der Waals surface area contributed by atoms with Crippen LogP contribution < -0.4 is 10.2 Å². The number of halogens is 2. The fourth-order valence-electron chi connectivity index (χ4n) is 3.60. The van der Waals surface area contributed by atoms with Crippen molar-refractivity contribution in [3.05, 3.63) is 46.6 Å². The van der Waals surface area contributed by atoms with E-state index >= 15 is 0 Å². The average Bonchev–Trinajstić information content (AvgIpc) is 3.19. The highest BCUT2D eigenvalue weighted by atomic mass is 35.5. The van der Waals surface area contributed by atoms with Gasteiger partial charge in [0.2, 0.25) is 0 Å². The lowest BCUT2D eigenvalue weighted by molar-refractivity contribution is 0.332. The number of anilines is 1. The van der Waals surface area contributed by atoms with Crippen LogP contribution in [0.15, 0.2) is 28.9 Å². The smallest absolute Gasteiger partial charge is 0.141 e. The Labute approximate surface area is 139 Å². The zero-order chi connectivity index (χ0) is 15.8. The van der Waals surface area contributed by atoms with Crippen molar-refractivity contribution >= 4 is 17.3 Å². The number of hydrogen-bond donors (Lipinski definition) is 1. The van der Waals surface area contributed by atoms with E-state index in [-0.39, 0.29) is 10.8 Å². The molecule has 4 nitrogen and oxygen atoms in total. The standard InChI is InChI=1S/C17H19ClFN3O/c18-15-8-14(3-4-16(15)19)22-6-5-13(10-22)21-12-2-1-11-9-20-23-17(11)7-12/h3-4,8-9,12-13,21H,1-2,5-7,10H2. The molecule has 0 bridgehead atoms. The van der Waals surface area contributed by atoms with Crippen molar-refractivity contribution in [1.82, 2.24) is 10.5 Å². The third-order valence-electron chi connectivity index (χ3n) is 4.85. The van der Waals surface area contributed by atoms with Crippen LogP contribution in [0.25, 0.3) is 0 Å². The van der Waals surface area contributed by atoms with Gasteiger partial charge in [0, 0.05) is 42.8 Å². The first-order valence-electron chi connectivity index (χ1n) is 8.07. The molecule has 0 amide bonds. The van der Waals surface area contributed by atoms with Crippen molar-refractivity contribution < 1.29 is 8.91 Å². The van der Waals surface area contributed by atoms with Crippen LogP contribution in [-0.2, 0) is 12.8 Å². The van der Waals surface area contributed by atoms with E-state index in [0.717, 1.165) is 50.2 Å². The number of rotatable bonds is 3. The number of aromatic nitrogens is 1. The maximum absolute atomic E-state index is 13.3. The molecule has 1 aromatic carbocycles. The Balaban J connectivity index is 1.36. The summed E-state index contributed by atoms with van der Waals surface area (Å²) in [6, 6.07) is 5.82. The quantitative estimate of drug-likeness (QED) is 0.935. The van der Waals surface area contributed by atoms with Crippen LogP contribution in [0.5, 0.6) is 0 Å². The first-order chi connectivity index (χ1) is 11.2. The molecular weight excluding hydrogens is 317 g/mol. The van der Waals surface area contributed by atoms with Gasteiger partial charge in [-0.15, -0.1) is 0 Å². The van der Waals surface area contributed by atoms with Crippen molar-refractivity contribution in [2.45, 2.75) is 37.8 Å². The second kappa shape index (κ2) is 6.13. The van der Waals surface area contributed by atoms with Gasteiger partial charge in [-0.1, -0.05) is 16.8 Å². The molecule has 4 rings (SSSR count). The van der Waals surface area contributed by atoms with Crippen molar-refractivity contribution in [1.29, 1.82) is 0 Å². The summed E-state index contributed by atoms with van der Waals surface area (Å²) >= 11 is 5.89. The van der Waals surface area contributed by atoms with Gasteiger partial charge in [0.15, 0.2) is 0 Å². The lowest BCUT2D eigenvalue weighted by Crippen LogP contribution is -2.42. The maximum atomic E-state index is 13.3. The van der Waals surface area contributed by atoms with E-state index in [1.54, 1.807) is 12.1 Å². The first-order valence-corrected chi connectivity index (χ1v) is 8.45. The summed E-state index contributed by atoms with van der Waals surface area (Å²) in [5, 5.41) is 7.80. The summed E-state index contributed by atoms with van der Waals surface area (Å²) in [5.74, 6) is 0.656. The molecule has 2 unspecified atom stereocenters. The van der Waals surface area contributed by atoms with Gasteiger partial charge in [-0.2, -0.15) is 0 Å². The monoisotopic (exact) mass is 335 g/mol. The molecule has 1 aromatic heterocycles. The topological polar surface area (TPSA) is 41.3 Å². The number of fused-ring (bicyclic) bond motifs is 1. The lowest BCUT2D eigenvalue weighted by Gasteiger charge is -2.26. The second-order valence-electron chi connectivity index (χ2n) is 6.41. The Morgan fingerprint density at radius 2 is 2.22 bits per heavy atom. The summed E-state index contributed by atoms with van der Waals surface area (Å²) in [7, 11) is 0. The average molecular weight is 336 g/mol. The Morgan fingerprint density at radius 1 is 1.30 bits per heavy atom. The molecule has 23 heavy (non-hydrogen) atoms. The Kier molecular flexibility index (Phi) is 3.99. The van der Waals surface area contributed by atoms with E-state index in [1.807, 2.05) is 6.20 Å². The van der Waals surface area contributed by atoms with Crippen molar-refractivity contribution in [2.24, 2.45) is 0 Å². The van der Waals surface area contributed by atoms with E-state index in [2.05, 4.69) is 15.4 Å². The van der Waals surface area contributed by atoms with Crippen LogP contribution in [-0.4, -0.2) is 30.3 Å². The van der Waals surface area contributed by atoms with Gasteiger partial charge in [0.1, 0.15) is 11.6 Å². The largest absolute Gasteiger partial charge is 0.370 e. The normalized spacial score (nSPS) is 24.0. The number of nitrogens with one attached hydrogen (secondary N) is 1. The number of hydrogen-bond acceptors (Lipinski definition) is 4. The van der Waals surface area contributed by atoms with Gasteiger partial charge >= 0.3 is 0 Å². The molecule has 1 N–H and O–H groups in total. The van der Waals surface area contributed by atoms with Gasteiger partial charge in [-0.05, 0) is 37.5 Å². The SMILES string of the molecule is Fc1ccc(N2CCC(NC3CCc4cnoc4C3)C2)cc1Cl. The molecule has 0 saturated carbocycles. The van der Waals surface area contributed by atoms with Gasteiger partial charge in [0.05, 0.1) is 11.2 Å². The molecule has 0 spiro atoms. The van der Waals surface area contributed by atoms with Gasteiger partial charge in [-0.3, -0.25) is 0 Å². The molecule has 1 aliphatic carbocycles. The molecule has 122 valence electrons. The van der Waals surface area contributed by atoms with E-state index in [9.17, 15) is 4.39 Å². The highest BCUT2D eigenvalue weighted by Crippen LogP contribution is 2.27. The van der Waals surface area contributed by atoms with Crippen molar-refractivity contribution in [2.75, 3.05) is 18.0 Å². The van der Waals surface area contributed by atoms with E-state index in [4.69, 9.17) is 16.1 Å². The molecule has 6 heteroatoms. The van der Waals surface area contributed by atoms with E-state index in [0.29, 0.717) is 12.1 Å². The summed E-state index contributed by atoms with van der Waals surface area (Å²) in [5.41, 5.74) is 2.24. The third-order valence-corrected chi connectivity index (χ3v) is 5.14. The minimum Gasteiger partial charge on any atom is -0.370 e. The molecule has 1 saturated heterocycles. The molecule has 1 aliphatic heterocycles. The number of benzene rings is 1. The van der Waals surface area contributed by atoms with Gasteiger partial charge in [0.25, 0.3) is 0 Å². The Bertz CT molecular complexity index is 705.